The summed E-state index contributed by atoms with van der Waals surface area (Å²) in [6.07, 6.45) is 0.446. The molecule has 1 N–H and O–H groups in total. The molecule has 0 aliphatic heterocycles. The van der Waals surface area contributed by atoms with Crippen LogP contribution in [0.3, 0.4) is 0 Å². The van der Waals surface area contributed by atoms with Gasteiger partial charge in [-0.1, -0.05) is 13.0 Å². The Morgan fingerprint density at radius 2 is 1.74 bits per heavy atom. The van der Waals surface area contributed by atoms with Crippen LogP contribution in [0.5, 0.6) is 11.6 Å². The van der Waals surface area contributed by atoms with Gasteiger partial charge in [-0.2, -0.15) is 0 Å². The Bertz CT molecular complexity index is 785. The summed E-state index contributed by atoms with van der Waals surface area (Å²) in [5, 5.41) is 0. The molecule has 0 saturated heterocycles. The van der Waals surface area contributed by atoms with Gasteiger partial charge in [0.05, 0.1) is 5.56 Å². The van der Waals surface area contributed by atoms with Crippen LogP contribution >= 0.6 is 0 Å². The summed E-state index contributed by atoms with van der Waals surface area (Å²) in [7, 11) is 0. The zero-order valence-corrected chi connectivity index (χ0v) is 13.9. The predicted molar refractivity (Wildman–Crippen MR) is 88.3 cm³/mol. The van der Waals surface area contributed by atoms with Crippen LogP contribution in [0.1, 0.15) is 30.5 Å². The lowest BCUT2D eigenvalue weighted by molar-refractivity contribution is 0.0788. The van der Waals surface area contributed by atoms with Gasteiger partial charge in [0.15, 0.2) is 0 Å². The van der Waals surface area contributed by atoms with E-state index in [1.807, 2.05) is 45.9 Å². The summed E-state index contributed by atoms with van der Waals surface area (Å²) in [5.74, 6) is 0.826. The zero-order chi connectivity index (χ0) is 17.0. The molecule has 0 amide bonds. The van der Waals surface area contributed by atoms with Crippen molar-refractivity contribution in [2.24, 2.45) is 0 Å². The number of nitrogens with zero attached hydrogens (tertiary/aromatic N) is 1. The maximum Gasteiger partial charge on any atom is 0.333 e. The van der Waals surface area contributed by atoms with E-state index < -0.39 is 11.2 Å². The zero-order valence-electron chi connectivity index (χ0n) is 13.9. The van der Waals surface area contributed by atoms with Crippen molar-refractivity contribution in [2.45, 2.75) is 40.8 Å². The second-order valence-corrected chi connectivity index (χ2v) is 5.37. The normalized spacial score (nSPS) is 10.8. The van der Waals surface area contributed by atoms with E-state index in [2.05, 4.69) is 4.98 Å². The van der Waals surface area contributed by atoms with Crippen molar-refractivity contribution in [1.82, 2.24) is 9.55 Å². The van der Waals surface area contributed by atoms with Crippen molar-refractivity contribution in [1.29, 1.82) is 0 Å². The molecule has 0 spiro atoms. The number of nitrogens with one attached hydrogen (secondary N) is 1. The van der Waals surface area contributed by atoms with Crippen LogP contribution in [0.4, 0.5) is 0 Å². The number of rotatable bonds is 6. The molecular formula is C17H22N2O4. The van der Waals surface area contributed by atoms with E-state index in [0.717, 1.165) is 11.1 Å². The Labute approximate surface area is 134 Å². The number of hydrogen-bond acceptors (Lipinski definition) is 4. The topological polar surface area (TPSA) is 73.3 Å². The molecule has 0 unspecified atom stereocenters. The van der Waals surface area contributed by atoms with Crippen LogP contribution < -0.4 is 16.0 Å². The van der Waals surface area contributed by atoms with Crippen molar-refractivity contribution in [3.63, 3.8) is 0 Å². The lowest BCUT2D eigenvalue weighted by Crippen LogP contribution is -2.33. The first-order valence-corrected chi connectivity index (χ1v) is 7.66. The molecule has 124 valence electrons. The van der Waals surface area contributed by atoms with Gasteiger partial charge in [-0.3, -0.25) is 9.78 Å². The molecule has 0 atom stereocenters. The minimum Gasteiger partial charge on any atom is -0.440 e. The van der Waals surface area contributed by atoms with Gasteiger partial charge < -0.3 is 9.47 Å². The van der Waals surface area contributed by atoms with Gasteiger partial charge in [-0.15, -0.1) is 0 Å². The van der Waals surface area contributed by atoms with E-state index in [4.69, 9.17) is 9.47 Å². The van der Waals surface area contributed by atoms with Gasteiger partial charge in [0, 0.05) is 6.61 Å². The van der Waals surface area contributed by atoms with Gasteiger partial charge in [0.1, 0.15) is 12.5 Å². The Morgan fingerprint density at radius 1 is 1.09 bits per heavy atom. The molecule has 2 rings (SSSR count). The van der Waals surface area contributed by atoms with Crippen LogP contribution in [0.25, 0.3) is 0 Å². The number of aromatic amines is 1. The van der Waals surface area contributed by atoms with Crippen LogP contribution in [0.2, 0.25) is 0 Å². The minimum absolute atomic E-state index is 0.0270. The number of H-pyrrole nitrogens is 1. The Morgan fingerprint density at radius 3 is 2.30 bits per heavy atom. The highest BCUT2D eigenvalue weighted by molar-refractivity contribution is 5.37. The van der Waals surface area contributed by atoms with E-state index >= 15 is 0 Å². The fourth-order valence-electron chi connectivity index (χ4n) is 2.42. The first kappa shape index (κ1) is 17.0. The second-order valence-electron chi connectivity index (χ2n) is 5.37. The third kappa shape index (κ3) is 3.90. The lowest BCUT2D eigenvalue weighted by Gasteiger charge is -2.16. The van der Waals surface area contributed by atoms with Crippen molar-refractivity contribution in [3.05, 3.63) is 55.7 Å². The molecular weight excluding hydrogens is 296 g/mol. The molecule has 0 aliphatic carbocycles. The lowest BCUT2D eigenvalue weighted by atomic mass is 10.1. The molecule has 0 saturated carbocycles. The third-order valence-corrected chi connectivity index (χ3v) is 3.43. The third-order valence-electron chi connectivity index (χ3n) is 3.43. The van der Waals surface area contributed by atoms with E-state index in [0.29, 0.717) is 24.3 Å². The summed E-state index contributed by atoms with van der Waals surface area (Å²) in [6.45, 7) is 8.09. The molecule has 0 aliphatic rings. The summed E-state index contributed by atoms with van der Waals surface area (Å²) >= 11 is 0. The molecule has 2 aromatic rings. The molecule has 0 bridgehead atoms. The predicted octanol–water partition coefficient (Wildman–Crippen LogP) is 2.50. The van der Waals surface area contributed by atoms with Gasteiger partial charge in [-0.05, 0) is 50.5 Å². The summed E-state index contributed by atoms with van der Waals surface area (Å²) < 4.78 is 12.5. The Balaban J connectivity index is 2.57. The van der Waals surface area contributed by atoms with Gasteiger partial charge in [-0.25, -0.2) is 9.36 Å². The Kier molecular flexibility index (Phi) is 5.39. The maximum atomic E-state index is 12.1. The average Bonchev–Trinajstić information content (AvgIpc) is 2.46. The van der Waals surface area contributed by atoms with Gasteiger partial charge >= 0.3 is 5.69 Å². The van der Waals surface area contributed by atoms with Crippen molar-refractivity contribution < 1.29 is 9.47 Å². The largest absolute Gasteiger partial charge is 0.440 e. The molecule has 23 heavy (non-hydrogen) atoms. The highest BCUT2D eigenvalue weighted by atomic mass is 16.5. The monoisotopic (exact) mass is 318 g/mol. The average molecular weight is 318 g/mol. The number of ether oxygens (including phenoxy) is 2. The molecule has 6 heteroatoms. The summed E-state index contributed by atoms with van der Waals surface area (Å²) in [4.78, 5) is 26.5. The molecule has 1 aromatic heterocycles. The SMILES string of the molecule is CCOCn1c(Oc2cc(C)cc(C)c2)c(CC)c(=O)[nH]c1=O. The van der Waals surface area contributed by atoms with Crippen molar-refractivity contribution in [3.8, 4) is 11.6 Å². The van der Waals surface area contributed by atoms with Gasteiger partial charge in [0.25, 0.3) is 5.56 Å². The van der Waals surface area contributed by atoms with Gasteiger partial charge in [0.2, 0.25) is 5.88 Å². The molecule has 0 fully saturated rings. The van der Waals surface area contributed by atoms with E-state index in [9.17, 15) is 9.59 Å². The molecule has 1 heterocycles. The standard InChI is InChI=1S/C17H22N2O4/c1-5-14-15(20)18-17(21)19(10-22-6-2)16(14)23-13-8-11(3)7-12(4)9-13/h7-9H,5-6,10H2,1-4H3,(H,18,20,21). The molecule has 0 radical (unpaired) electrons. The quantitative estimate of drug-likeness (QED) is 0.888. The molecule has 6 nitrogen and oxygen atoms in total. The number of aromatic nitrogens is 2. The molecule has 1 aromatic carbocycles. The highest BCUT2D eigenvalue weighted by Gasteiger charge is 2.16. The van der Waals surface area contributed by atoms with Crippen molar-refractivity contribution in [2.75, 3.05) is 6.61 Å². The van der Waals surface area contributed by atoms with E-state index in [1.165, 1.54) is 4.57 Å². The van der Waals surface area contributed by atoms with E-state index in [1.54, 1.807) is 0 Å². The fourth-order valence-corrected chi connectivity index (χ4v) is 2.42. The number of hydrogen-bond donors (Lipinski definition) is 1. The summed E-state index contributed by atoms with van der Waals surface area (Å²) in [6, 6.07) is 5.75. The van der Waals surface area contributed by atoms with Crippen LogP contribution in [0.15, 0.2) is 27.8 Å². The number of benzene rings is 1. The maximum absolute atomic E-state index is 12.1. The van der Waals surface area contributed by atoms with Crippen LogP contribution in [0, 0.1) is 13.8 Å². The van der Waals surface area contributed by atoms with E-state index in [-0.39, 0.29) is 12.6 Å². The first-order valence-electron chi connectivity index (χ1n) is 7.66. The number of aryl methyl sites for hydroxylation is 2. The second kappa shape index (κ2) is 7.28. The summed E-state index contributed by atoms with van der Waals surface area (Å²) in [5.41, 5.74) is 1.54. The van der Waals surface area contributed by atoms with Crippen molar-refractivity contribution >= 4 is 0 Å². The Hall–Kier alpha value is -2.34. The minimum atomic E-state index is -0.542. The van der Waals surface area contributed by atoms with Crippen LogP contribution in [-0.2, 0) is 17.9 Å². The fraction of sp³-hybridized carbons (Fsp3) is 0.412. The van der Waals surface area contributed by atoms with Crippen LogP contribution in [-0.4, -0.2) is 16.2 Å². The first-order chi connectivity index (χ1) is 11.0. The smallest absolute Gasteiger partial charge is 0.333 e. The highest BCUT2D eigenvalue weighted by Crippen LogP contribution is 2.25.